The number of likely N-dealkylation sites (N-methyl/N-ethyl adjacent to an activating group) is 1. The zero-order valence-electron chi connectivity index (χ0n) is 15.3. The van der Waals surface area contributed by atoms with E-state index < -0.39 is 5.54 Å². The van der Waals surface area contributed by atoms with Crippen molar-refractivity contribution in [1.82, 2.24) is 15.5 Å². The van der Waals surface area contributed by atoms with Crippen LogP contribution < -0.4 is 10.6 Å². The number of amides is 2. The van der Waals surface area contributed by atoms with Gasteiger partial charge in [-0.05, 0) is 44.6 Å². The average Bonchev–Trinajstić information content (AvgIpc) is 2.55. The fraction of sp³-hybridized carbons (Fsp3) is 0.579. The standard InChI is InChI=1S/C19H28FN3O2/c1-14(24)22-19(10-5-4-6-11-19)18(25)21-13-17(23(2)3)15-8-7-9-16(20)12-15/h7-9,12,17H,4-6,10-11,13H2,1-3H3,(H,21,25)(H,22,24)/t17-/m0/s1. The third kappa shape index (κ3) is 5.01. The summed E-state index contributed by atoms with van der Waals surface area (Å²) in [5, 5.41) is 5.85. The molecule has 0 saturated heterocycles. The van der Waals surface area contributed by atoms with E-state index in [2.05, 4.69) is 10.6 Å². The molecule has 5 nitrogen and oxygen atoms in total. The van der Waals surface area contributed by atoms with Gasteiger partial charge in [0.2, 0.25) is 11.8 Å². The Morgan fingerprint density at radius 2 is 1.92 bits per heavy atom. The zero-order valence-corrected chi connectivity index (χ0v) is 15.3. The van der Waals surface area contributed by atoms with Gasteiger partial charge in [0, 0.05) is 13.5 Å². The summed E-state index contributed by atoms with van der Waals surface area (Å²) < 4.78 is 13.5. The fourth-order valence-electron chi connectivity index (χ4n) is 3.57. The number of benzene rings is 1. The largest absolute Gasteiger partial charge is 0.352 e. The van der Waals surface area contributed by atoms with Crippen molar-refractivity contribution in [3.63, 3.8) is 0 Å². The van der Waals surface area contributed by atoms with E-state index in [9.17, 15) is 14.0 Å². The molecule has 1 aromatic carbocycles. The molecule has 138 valence electrons. The second-order valence-electron chi connectivity index (χ2n) is 7.07. The summed E-state index contributed by atoms with van der Waals surface area (Å²) >= 11 is 0. The quantitative estimate of drug-likeness (QED) is 0.829. The second-order valence-corrected chi connectivity index (χ2v) is 7.07. The molecule has 1 saturated carbocycles. The summed E-state index contributed by atoms with van der Waals surface area (Å²) in [5.41, 5.74) is -0.00869. The van der Waals surface area contributed by atoms with Gasteiger partial charge in [0.05, 0.1) is 6.04 Å². The van der Waals surface area contributed by atoms with Crippen LogP contribution in [0.3, 0.4) is 0 Å². The normalized spacial score (nSPS) is 17.8. The fourth-order valence-corrected chi connectivity index (χ4v) is 3.57. The van der Waals surface area contributed by atoms with Gasteiger partial charge in [-0.2, -0.15) is 0 Å². The lowest BCUT2D eigenvalue weighted by molar-refractivity contribution is -0.134. The molecule has 1 fully saturated rings. The van der Waals surface area contributed by atoms with E-state index in [-0.39, 0.29) is 23.7 Å². The highest BCUT2D eigenvalue weighted by atomic mass is 19.1. The first-order chi connectivity index (χ1) is 11.8. The molecule has 0 spiro atoms. The Labute approximate surface area is 149 Å². The molecule has 1 aliphatic rings. The molecule has 25 heavy (non-hydrogen) atoms. The Kier molecular flexibility index (Phi) is 6.53. The number of hydrogen-bond acceptors (Lipinski definition) is 3. The maximum Gasteiger partial charge on any atom is 0.245 e. The van der Waals surface area contributed by atoms with Crippen LogP contribution in [0.4, 0.5) is 4.39 Å². The molecule has 1 atom stereocenters. The number of nitrogens with one attached hydrogen (secondary N) is 2. The summed E-state index contributed by atoms with van der Waals surface area (Å²) in [4.78, 5) is 26.4. The number of rotatable bonds is 6. The number of nitrogens with zero attached hydrogens (tertiary/aromatic N) is 1. The van der Waals surface area contributed by atoms with Crippen LogP contribution >= 0.6 is 0 Å². The molecule has 0 heterocycles. The first-order valence-electron chi connectivity index (χ1n) is 8.83. The lowest BCUT2D eigenvalue weighted by Crippen LogP contribution is -2.59. The van der Waals surface area contributed by atoms with Gasteiger partial charge in [0.25, 0.3) is 0 Å². The number of halogens is 1. The van der Waals surface area contributed by atoms with E-state index in [1.165, 1.54) is 19.1 Å². The zero-order chi connectivity index (χ0) is 18.4. The highest BCUT2D eigenvalue weighted by Gasteiger charge is 2.40. The van der Waals surface area contributed by atoms with Crippen molar-refractivity contribution in [2.75, 3.05) is 20.6 Å². The number of hydrogen-bond donors (Lipinski definition) is 2. The summed E-state index contributed by atoms with van der Waals surface area (Å²) in [7, 11) is 3.79. The van der Waals surface area contributed by atoms with E-state index >= 15 is 0 Å². The average molecular weight is 349 g/mol. The van der Waals surface area contributed by atoms with E-state index in [0.29, 0.717) is 19.4 Å². The van der Waals surface area contributed by atoms with Gasteiger partial charge in [-0.3, -0.25) is 9.59 Å². The molecule has 0 aliphatic heterocycles. The van der Waals surface area contributed by atoms with Gasteiger partial charge in [-0.15, -0.1) is 0 Å². The summed E-state index contributed by atoms with van der Waals surface area (Å²) in [6.07, 6.45) is 4.25. The van der Waals surface area contributed by atoms with E-state index in [4.69, 9.17) is 0 Å². The summed E-state index contributed by atoms with van der Waals surface area (Å²) in [6, 6.07) is 6.27. The van der Waals surface area contributed by atoms with Crippen LogP contribution in [-0.2, 0) is 9.59 Å². The Balaban J connectivity index is 2.10. The van der Waals surface area contributed by atoms with Crippen LogP contribution in [-0.4, -0.2) is 42.9 Å². The monoisotopic (exact) mass is 349 g/mol. The van der Waals surface area contributed by atoms with Crippen molar-refractivity contribution < 1.29 is 14.0 Å². The minimum absolute atomic E-state index is 0.141. The van der Waals surface area contributed by atoms with Crippen LogP contribution in [0.2, 0.25) is 0 Å². The van der Waals surface area contributed by atoms with E-state index in [1.807, 2.05) is 25.1 Å². The molecule has 1 aliphatic carbocycles. The van der Waals surface area contributed by atoms with Crippen molar-refractivity contribution in [3.05, 3.63) is 35.6 Å². The van der Waals surface area contributed by atoms with Crippen molar-refractivity contribution in [1.29, 1.82) is 0 Å². The lowest BCUT2D eigenvalue weighted by Gasteiger charge is -2.37. The molecule has 0 radical (unpaired) electrons. The van der Waals surface area contributed by atoms with Gasteiger partial charge in [0.15, 0.2) is 0 Å². The van der Waals surface area contributed by atoms with Crippen LogP contribution in [0.5, 0.6) is 0 Å². The highest BCUT2D eigenvalue weighted by Crippen LogP contribution is 2.29. The predicted octanol–water partition coefficient (Wildman–Crippen LogP) is 2.38. The molecule has 6 heteroatoms. The molecule has 2 rings (SSSR count). The van der Waals surface area contributed by atoms with Crippen LogP contribution in [0.25, 0.3) is 0 Å². The smallest absolute Gasteiger partial charge is 0.245 e. The molecule has 2 N–H and O–H groups in total. The van der Waals surface area contributed by atoms with Crippen molar-refractivity contribution in [2.45, 2.75) is 50.6 Å². The summed E-state index contributed by atoms with van der Waals surface area (Å²) in [5.74, 6) is -0.630. The van der Waals surface area contributed by atoms with Gasteiger partial charge in [-0.25, -0.2) is 4.39 Å². The topological polar surface area (TPSA) is 61.4 Å². The number of carbonyl (C=O) groups excluding carboxylic acids is 2. The molecule has 0 unspecified atom stereocenters. The van der Waals surface area contributed by atoms with Crippen molar-refractivity contribution in [3.8, 4) is 0 Å². The van der Waals surface area contributed by atoms with E-state index in [1.54, 1.807) is 6.07 Å². The van der Waals surface area contributed by atoms with Crippen LogP contribution in [0.15, 0.2) is 24.3 Å². The SMILES string of the molecule is CC(=O)NC1(C(=O)NC[C@@H](c2cccc(F)c2)N(C)C)CCCCC1. The van der Waals surface area contributed by atoms with Gasteiger partial charge in [0.1, 0.15) is 11.4 Å². The molecule has 1 aromatic rings. The maximum atomic E-state index is 13.5. The highest BCUT2D eigenvalue weighted by molar-refractivity contribution is 5.91. The Morgan fingerprint density at radius 3 is 2.48 bits per heavy atom. The molecular weight excluding hydrogens is 321 g/mol. The third-order valence-corrected chi connectivity index (χ3v) is 4.87. The molecule has 2 amide bonds. The Morgan fingerprint density at radius 1 is 1.24 bits per heavy atom. The lowest BCUT2D eigenvalue weighted by atomic mass is 9.80. The van der Waals surface area contributed by atoms with Gasteiger partial charge >= 0.3 is 0 Å². The third-order valence-electron chi connectivity index (χ3n) is 4.87. The second kappa shape index (κ2) is 8.43. The van der Waals surface area contributed by atoms with Crippen molar-refractivity contribution >= 4 is 11.8 Å². The maximum absolute atomic E-state index is 13.5. The van der Waals surface area contributed by atoms with Crippen LogP contribution in [0, 0.1) is 5.82 Å². The first kappa shape index (κ1) is 19.4. The minimum atomic E-state index is -0.817. The Hall–Kier alpha value is -1.95. The first-order valence-corrected chi connectivity index (χ1v) is 8.83. The van der Waals surface area contributed by atoms with Gasteiger partial charge < -0.3 is 15.5 Å². The molecule has 0 aromatic heterocycles. The number of carbonyl (C=O) groups is 2. The van der Waals surface area contributed by atoms with Crippen molar-refractivity contribution in [2.24, 2.45) is 0 Å². The van der Waals surface area contributed by atoms with E-state index in [0.717, 1.165) is 24.8 Å². The minimum Gasteiger partial charge on any atom is -0.352 e. The molecule has 0 bridgehead atoms. The summed E-state index contributed by atoms with van der Waals surface area (Å²) in [6.45, 7) is 1.80. The Bertz CT molecular complexity index is 612. The molecular formula is C19H28FN3O2. The predicted molar refractivity (Wildman–Crippen MR) is 95.5 cm³/mol. The van der Waals surface area contributed by atoms with Gasteiger partial charge in [-0.1, -0.05) is 31.4 Å². The van der Waals surface area contributed by atoms with Crippen LogP contribution in [0.1, 0.15) is 50.6 Å².